The molecule has 138 valence electrons. The molecule has 0 atom stereocenters. The third-order valence-electron chi connectivity index (χ3n) is 4.20. The second kappa shape index (κ2) is 8.85. The summed E-state index contributed by atoms with van der Waals surface area (Å²) < 4.78 is 10.9. The van der Waals surface area contributed by atoms with E-state index in [1.165, 1.54) is 0 Å². The number of pyridine rings is 1. The van der Waals surface area contributed by atoms with Gasteiger partial charge in [0.15, 0.2) is 0 Å². The van der Waals surface area contributed by atoms with Crippen LogP contribution in [0.25, 0.3) is 0 Å². The summed E-state index contributed by atoms with van der Waals surface area (Å²) in [5.74, 6) is 2.21. The monoisotopic (exact) mass is 362 g/mol. The number of benzene rings is 2. The van der Waals surface area contributed by atoms with Crippen LogP contribution in [0, 0.1) is 6.92 Å². The van der Waals surface area contributed by atoms with Gasteiger partial charge >= 0.3 is 0 Å². The third kappa shape index (κ3) is 5.07. The Balaban J connectivity index is 1.50. The SMILES string of the molecule is COc1ccc(Oc2ccc(CCNC(=O)c3cnccc3C)cc2)cc1. The summed E-state index contributed by atoms with van der Waals surface area (Å²) in [5, 5.41) is 2.93. The number of aryl methyl sites for hydroxylation is 1. The van der Waals surface area contributed by atoms with Gasteiger partial charge < -0.3 is 14.8 Å². The van der Waals surface area contributed by atoms with Crippen LogP contribution in [0.1, 0.15) is 21.5 Å². The number of amides is 1. The van der Waals surface area contributed by atoms with Crippen molar-refractivity contribution in [2.75, 3.05) is 13.7 Å². The number of nitrogens with one attached hydrogen (secondary N) is 1. The van der Waals surface area contributed by atoms with E-state index in [0.717, 1.165) is 34.8 Å². The molecule has 2 aromatic carbocycles. The molecule has 0 radical (unpaired) electrons. The molecule has 0 saturated heterocycles. The Morgan fingerprint density at radius 2 is 1.59 bits per heavy atom. The van der Waals surface area contributed by atoms with E-state index in [4.69, 9.17) is 9.47 Å². The molecule has 1 N–H and O–H groups in total. The molecule has 5 nitrogen and oxygen atoms in total. The van der Waals surface area contributed by atoms with Crippen LogP contribution < -0.4 is 14.8 Å². The first-order valence-electron chi connectivity index (χ1n) is 8.75. The van der Waals surface area contributed by atoms with E-state index in [-0.39, 0.29) is 5.91 Å². The minimum Gasteiger partial charge on any atom is -0.497 e. The second-order valence-electron chi connectivity index (χ2n) is 6.12. The first-order valence-corrected chi connectivity index (χ1v) is 8.75. The molecule has 1 aromatic heterocycles. The molecule has 1 heterocycles. The number of methoxy groups -OCH3 is 1. The number of rotatable bonds is 7. The molecule has 27 heavy (non-hydrogen) atoms. The maximum atomic E-state index is 12.2. The van der Waals surface area contributed by atoms with Crippen LogP contribution >= 0.6 is 0 Å². The quantitative estimate of drug-likeness (QED) is 0.685. The average Bonchev–Trinajstić information content (AvgIpc) is 2.70. The van der Waals surface area contributed by atoms with E-state index in [9.17, 15) is 4.79 Å². The highest BCUT2D eigenvalue weighted by molar-refractivity contribution is 5.95. The van der Waals surface area contributed by atoms with Gasteiger partial charge in [-0.2, -0.15) is 0 Å². The average molecular weight is 362 g/mol. The minimum absolute atomic E-state index is 0.0972. The number of hydrogen-bond acceptors (Lipinski definition) is 4. The van der Waals surface area contributed by atoms with Crippen LogP contribution in [0.15, 0.2) is 67.0 Å². The Bertz CT molecular complexity index is 890. The normalized spacial score (nSPS) is 10.3. The van der Waals surface area contributed by atoms with Gasteiger partial charge in [-0.3, -0.25) is 9.78 Å². The Kier molecular flexibility index (Phi) is 6.05. The van der Waals surface area contributed by atoms with Crippen molar-refractivity contribution in [1.82, 2.24) is 10.3 Å². The summed E-state index contributed by atoms with van der Waals surface area (Å²) in [6, 6.07) is 17.1. The van der Waals surface area contributed by atoms with Gasteiger partial charge in [-0.15, -0.1) is 0 Å². The van der Waals surface area contributed by atoms with Crippen LogP contribution in [-0.2, 0) is 6.42 Å². The van der Waals surface area contributed by atoms with Gasteiger partial charge in [0.2, 0.25) is 0 Å². The van der Waals surface area contributed by atoms with Gasteiger partial charge in [-0.05, 0) is 66.9 Å². The van der Waals surface area contributed by atoms with Crippen LogP contribution in [0.5, 0.6) is 17.2 Å². The Labute approximate surface area is 159 Å². The van der Waals surface area contributed by atoms with Crippen LogP contribution in [0.2, 0.25) is 0 Å². The van der Waals surface area contributed by atoms with Crippen molar-refractivity contribution in [2.24, 2.45) is 0 Å². The van der Waals surface area contributed by atoms with Crippen LogP contribution in [-0.4, -0.2) is 24.5 Å². The zero-order valence-corrected chi connectivity index (χ0v) is 15.4. The fourth-order valence-electron chi connectivity index (χ4n) is 2.62. The van der Waals surface area contributed by atoms with Gasteiger partial charge in [0.1, 0.15) is 17.2 Å². The van der Waals surface area contributed by atoms with Crippen molar-refractivity contribution < 1.29 is 14.3 Å². The fraction of sp³-hybridized carbons (Fsp3) is 0.182. The third-order valence-corrected chi connectivity index (χ3v) is 4.20. The van der Waals surface area contributed by atoms with E-state index < -0.39 is 0 Å². The van der Waals surface area contributed by atoms with Gasteiger partial charge in [-0.1, -0.05) is 12.1 Å². The van der Waals surface area contributed by atoms with Crippen LogP contribution in [0.3, 0.4) is 0 Å². The van der Waals surface area contributed by atoms with Gasteiger partial charge in [0.05, 0.1) is 12.7 Å². The molecular formula is C22H22N2O3. The highest BCUT2D eigenvalue weighted by Gasteiger charge is 2.08. The molecule has 0 aliphatic heterocycles. The first kappa shape index (κ1) is 18.5. The van der Waals surface area contributed by atoms with Gasteiger partial charge in [0, 0.05) is 18.9 Å². The summed E-state index contributed by atoms with van der Waals surface area (Å²) in [7, 11) is 1.63. The maximum absolute atomic E-state index is 12.2. The lowest BCUT2D eigenvalue weighted by Gasteiger charge is -2.09. The lowest BCUT2D eigenvalue weighted by atomic mass is 10.1. The highest BCUT2D eigenvalue weighted by Crippen LogP contribution is 2.24. The molecule has 0 unspecified atom stereocenters. The van der Waals surface area contributed by atoms with Crippen molar-refractivity contribution in [1.29, 1.82) is 0 Å². The zero-order valence-electron chi connectivity index (χ0n) is 15.4. The lowest BCUT2D eigenvalue weighted by Crippen LogP contribution is -2.26. The Morgan fingerprint density at radius 1 is 0.963 bits per heavy atom. The Hall–Kier alpha value is -3.34. The topological polar surface area (TPSA) is 60.5 Å². The highest BCUT2D eigenvalue weighted by atomic mass is 16.5. The first-order chi connectivity index (χ1) is 13.2. The smallest absolute Gasteiger partial charge is 0.253 e. The van der Waals surface area contributed by atoms with Crippen molar-refractivity contribution in [3.63, 3.8) is 0 Å². The molecule has 0 saturated carbocycles. The predicted octanol–water partition coefficient (Wildman–Crippen LogP) is 4.16. The fourth-order valence-corrected chi connectivity index (χ4v) is 2.62. The molecule has 3 aromatic rings. The largest absolute Gasteiger partial charge is 0.497 e. The van der Waals surface area contributed by atoms with Crippen molar-refractivity contribution in [3.05, 3.63) is 83.7 Å². The van der Waals surface area contributed by atoms with Gasteiger partial charge in [-0.25, -0.2) is 0 Å². The van der Waals surface area contributed by atoms with E-state index >= 15 is 0 Å². The number of carbonyl (C=O) groups is 1. The standard InChI is InChI=1S/C22H22N2O3/c1-16-11-13-23-15-21(16)22(25)24-14-12-17-3-5-19(6-4-17)27-20-9-7-18(26-2)8-10-20/h3-11,13,15H,12,14H2,1-2H3,(H,24,25). The molecule has 0 aliphatic rings. The minimum atomic E-state index is -0.0972. The summed E-state index contributed by atoms with van der Waals surface area (Å²) in [4.78, 5) is 16.2. The van der Waals surface area contributed by atoms with Crippen molar-refractivity contribution in [3.8, 4) is 17.2 Å². The van der Waals surface area contributed by atoms with E-state index in [1.807, 2.05) is 61.5 Å². The van der Waals surface area contributed by atoms with E-state index in [1.54, 1.807) is 19.5 Å². The van der Waals surface area contributed by atoms with Crippen LogP contribution in [0.4, 0.5) is 0 Å². The molecular weight excluding hydrogens is 340 g/mol. The van der Waals surface area contributed by atoms with Gasteiger partial charge in [0.25, 0.3) is 5.91 Å². The molecule has 0 spiro atoms. The molecule has 1 amide bonds. The summed E-state index contributed by atoms with van der Waals surface area (Å²) in [6.45, 7) is 2.46. The Morgan fingerprint density at radius 3 is 2.22 bits per heavy atom. The number of carbonyl (C=O) groups excluding carboxylic acids is 1. The molecule has 0 fully saturated rings. The molecule has 0 aliphatic carbocycles. The summed E-state index contributed by atoms with van der Waals surface area (Å²) in [5.41, 5.74) is 2.66. The lowest BCUT2D eigenvalue weighted by molar-refractivity contribution is 0.0953. The van der Waals surface area contributed by atoms with Crippen molar-refractivity contribution in [2.45, 2.75) is 13.3 Å². The summed E-state index contributed by atoms with van der Waals surface area (Å²) in [6.07, 6.45) is 4.02. The number of ether oxygens (including phenoxy) is 2. The second-order valence-corrected chi connectivity index (χ2v) is 6.12. The molecule has 3 rings (SSSR count). The zero-order chi connectivity index (χ0) is 19.1. The van der Waals surface area contributed by atoms with E-state index in [2.05, 4.69) is 10.3 Å². The summed E-state index contributed by atoms with van der Waals surface area (Å²) >= 11 is 0. The number of hydrogen-bond donors (Lipinski definition) is 1. The van der Waals surface area contributed by atoms with Crippen molar-refractivity contribution >= 4 is 5.91 Å². The number of nitrogens with zero attached hydrogens (tertiary/aromatic N) is 1. The molecule has 5 heteroatoms. The maximum Gasteiger partial charge on any atom is 0.253 e. The number of aromatic nitrogens is 1. The predicted molar refractivity (Wildman–Crippen MR) is 105 cm³/mol. The molecule has 0 bridgehead atoms. The van der Waals surface area contributed by atoms with E-state index in [0.29, 0.717) is 12.1 Å².